The number of hydrogen-bond acceptors (Lipinski definition) is 3. The molecule has 37 heavy (non-hydrogen) atoms. The predicted octanol–water partition coefficient (Wildman–Crippen LogP) is 7.08. The lowest BCUT2D eigenvalue weighted by atomic mass is 9.87. The molecule has 0 fully saturated rings. The van der Waals surface area contributed by atoms with Gasteiger partial charge in [0.2, 0.25) is 0 Å². The van der Waals surface area contributed by atoms with Gasteiger partial charge in [0.1, 0.15) is 5.82 Å². The molecule has 3 N–H and O–H groups in total. The Morgan fingerprint density at radius 2 is 1.54 bits per heavy atom. The Balaban J connectivity index is 1.99. The van der Waals surface area contributed by atoms with Crippen LogP contribution < -0.4 is 5.32 Å². The van der Waals surface area contributed by atoms with Gasteiger partial charge in [-0.15, -0.1) is 0 Å². The molecule has 2 aromatic carbocycles. The highest BCUT2D eigenvalue weighted by Crippen LogP contribution is 2.27. The number of aromatic amines is 1. The van der Waals surface area contributed by atoms with Crippen LogP contribution in [0.3, 0.4) is 0 Å². The van der Waals surface area contributed by atoms with Crippen molar-refractivity contribution in [3.63, 3.8) is 0 Å². The molecule has 1 amide bonds. The van der Waals surface area contributed by atoms with E-state index in [1.807, 2.05) is 70.2 Å². The summed E-state index contributed by atoms with van der Waals surface area (Å²) >= 11 is 0. The fraction of sp³-hybridized carbons (Fsp3) is 0.258. The summed E-state index contributed by atoms with van der Waals surface area (Å²) in [6.45, 7) is 14.2. The minimum Gasteiger partial charge on any atom is -0.478 e. The van der Waals surface area contributed by atoms with E-state index in [2.05, 4.69) is 31.1 Å². The molecule has 3 rings (SSSR count). The summed E-state index contributed by atoms with van der Waals surface area (Å²) in [6, 6.07) is 17.2. The number of nitrogens with zero attached hydrogens (tertiary/aromatic N) is 1. The maximum Gasteiger partial charge on any atom is 0.328 e. The molecule has 6 heteroatoms. The van der Waals surface area contributed by atoms with E-state index >= 15 is 0 Å². The van der Waals surface area contributed by atoms with Crippen molar-refractivity contribution in [3.05, 3.63) is 99.9 Å². The Bertz CT molecular complexity index is 1380. The maximum absolute atomic E-state index is 13.1. The molecule has 0 aliphatic rings. The summed E-state index contributed by atoms with van der Waals surface area (Å²) in [6.07, 6.45) is 2.70. The summed E-state index contributed by atoms with van der Waals surface area (Å²) in [7, 11) is 0. The second-order valence-corrected chi connectivity index (χ2v) is 10.3. The zero-order chi connectivity index (χ0) is 27.3. The molecule has 0 aliphatic heterocycles. The summed E-state index contributed by atoms with van der Waals surface area (Å²) in [5.74, 6) is -0.532. The molecule has 0 spiro atoms. The van der Waals surface area contributed by atoms with Gasteiger partial charge in [-0.2, -0.15) is 0 Å². The second-order valence-electron chi connectivity index (χ2n) is 10.3. The quantitative estimate of drug-likeness (QED) is 0.328. The van der Waals surface area contributed by atoms with E-state index in [0.717, 1.165) is 45.4 Å². The first-order chi connectivity index (χ1) is 17.3. The Hall–Kier alpha value is -4.19. The number of hydrogen-bond donors (Lipinski definition) is 3. The number of carbonyl (C=O) groups is 2. The molecule has 6 nitrogen and oxygen atoms in total. The number of aliphatic carboxylic acids is 1. The monoisotopic (exact) mass is 497 g/mol. The zero-order valence-electron chi connectivity index (χ0n) is 22.6. The van der Waals surface area contributed by atoms with Crippen LogP contribution in [-0.2, 0) is 10.2 Å². The second kappa shape index (κ2) is 11.2. The minimum atomic E-state index is -0.988. The summed E-state index contributed by atoms with van der Waals surface area (Å²) in [4.78, 5) is 32.2. The number of amides is 1. The van der Waals surface area contributed by atoms with Gasteiger partial charge in [-0.3, -0.25) is 4.79 Å². The largest absolute Gasteiger partial charge is 0.478 e. The predicted molar refractivity (Wildman–Crippen MR) is 150 cm³/mol. The minimum absolute atomic E-state index is 0.0423. The first-order valence-corrected chi connectivity index (χ1v) is 12.2. The van der Waals surface area contributed by atoms with E-state index in [-0.39, 0.29) is 11.3 Å². The van der Waals surface area contributed by atoms with Gasteiger partial charge >= 0.3 is 5.97 Å². The molecule has 0 saturated heterocycles. The highest BCUT2D eigenvalue weighted by atomic mass is 16.4. The molecule has 1 heterocycles. The lowest BCUT2D eigenvalue weighted by Gasteiger charge is -2.19. The van der Waals surface area contributed by atoms with Gasteiger partial charge in [0.25, 0.3) is 5.91 Å². The normalized spacial score (nSPS) is 11.3. The summed E-state index contributed by atoms with van der Waals surface area (Å²) in [5, 5.41) is 11.9. The molecule has 0 atom stereocenters. The van der Waals surface area contributed by atoms with E-state index in [0.29, 0.717) is 11.4 Å². The summed E-state index contributed by atoms with van der Waals surface area (Å²) in [5.41, 5.74) is 7.63. The van der Waals surface area contributed by atoms with Crippen molar-refractivity contribution in [2.24, 2.45) is 0 Å². The van der Waals surface area contributed by atoms with E-state index in [9.17, 15) is 9.59 Å². The molecule has 0 unspecified atom stereocenters. The molecule has 0 aliphatic carbocycles. The van der Waals surface area contributed by atoms with Gasteiger partial charge in [-0.25, -0.2) is 9.78 Å². The van der Waals surface area contributed by atoms with Crippen LogP contribution in [0.15, 0.2) is 60.7 Å². The number of carboxylic acid groups (broad SMARTS) is 1. The number of rotatable bonds is 5. The lowest BCUT2D eigenvalue weighted by Crippen LogP contribution is -2.13. The molecular weight excluding hydrogens is 462 g/mol. The van der Waals surface area contributed by atoms with E-state index in [4.69, 9.17) is 10.1 Å². The Morgan fingerprint density at radius 3 is 2.11 bits per heavy atom. The Morgan fingerprint density at radius 1 is 0.919 bits per heavy atom. The molecule has 0 bridgehead atoms. The van der Waals surface area contributed by atoms with Crippen molar-refractivity contribution in [1.29, 1.82) is 0 Å². The van der Waals surface area contributed by atoms with Crippen LogP contribution in [0.5, 0.6) is 0 Å². The van der Waals surface area contributed by atoms with Crippen LogP contribution >= 0.6 is 0 Å². The fourth-order valence-corrected chi connectivity index (χ4v) is 4.11. The van der Waals surface area contributed by atoms with Crippen LogP contribution in [0.25, 0.3) is 17.5 Å². The number of carboxylic acids is 1. The van der Waals surface area contributed by atoms with Gasteiger partial charge in [-0.1, -0.05) is 45.0 Å². The van der Waals surface area contributed by atoms with Gasteiger partial charge in [0.05, 0.1) is 0 Å². The van der Waals surface area contributed by atoms with E-state index < -0.39 is 5.97 Å². The number of benzene rings is 2. The first-order valence-electron chi connectivity index (χ1n) is 12.2. The highest BCUT2D eigenvalue weighted by molar-refractivity contribution is 6.04. The Kier molecular flexibility index (Phi) is 8.33. The fourth-order valence-electron chi connectivity index (χ4n) is 4.11. The Labute approximate surface area is 218 Å². The van der Waals surface area contributed by atoms with Crippen LogP contribution in [0.4, 0.5) is 5.69 Å². The number of carbonyl (C=O) groups excluding carboxylic acids is 1. The van der Waals surface area contributed by atoms with Gasteiger partial charge in [-0.05, 0) is 91.8 Å². The van der Waals surface area contributed by atoms with Crippen LogP contribution in [-0.4, -0.2) is 27.0 Å². The third kappa shape index (κ3) is 7.40. The SMILES string of the molecule is Cc1ccc(C(=O)Nc2ccc(C(C)(C)C)cc2)cc(C)[nH]c(-c2c(C)cc(/C=C/C(=O)O)cc2C)n1. The highest BCUT2D eigenvalue weighted by Gasteiger charge is 2.14. The number of nitrogens with one attached hydrogen (secondary N) is 2. The van der Waals surface area contributed by atoms with E-state index in [1.54, 1.807) is 18.2 Å². The van der Waals surface area contributed by atoms with E-state index in [1.165, 1.54) is 5.56 Å². The van der Waals surface area contributed by atoms with Crippen molar-refractivity contribution >= 4 is 23.6 Å². The van der Waals surface area contributed by atoms with Crippen molar-refractivity contribution in [2.45, 2.75) is 53.9 Å². The molecule has 0 radical (unpaired) electrons. The molecular formula is C31H35N3O3. The standard InChI is InChI=1S/C31H35N3O3/c1-19-16-23(9-15-27(35)36)17-20(2)28(19)29-32-21(3)8-10-24(18-22(4)33-29)30(37)34-26-13-11-25(12-14-26)31(5,6)7/h8-18H,1-7H3,(H,32,33)(H,34,37)(H,35,36)/b15-9+,21-8?,22-18?,24-10?. The average molecular weight is 498 g/mol. The maximum atomic E-state index is 13.1. The van der Waals surface area contributed by atoms with Crippen LogP contribution in [0.2, 0.25) is 0 Å². The van der Waals surface area contributed by atoms with Gasteiger partial charge in [0.15, 0.2) is 0 Å². The van der Waals surface area contributed by atoms with Crippen LogP contribution in [0, 0.1) is 27.7 Å². The third-order valence-electron chi connectivity index (χ3n) is 5.96. The third-order valence-corrected chi connectivity index (χ3v) is 5.96. The van der Waals surface area contributed by atoms with Crippen LogP contribution in [0.1, 0.15) is 64.8 Å². The molecule has 192 valence electrons. The molecule has 0 saturated carbocycles. The lowest BCUT2D eigenvalue weighted by molar-refractivity contribution is -0.131. The van der Waals surface area contributed by atoms with Crippen molar-refractivity contribution in [2.75, 3.05) is 5.32 Å². The number of anilines is 1. The van der Waals surface area contributed by atoms with Crippen molar-refractivity contribution < 1.29 is 14.7 Å². The smallest absolute Gasteiger partial charge is 0.328 e. The van der Waals surface area contributed by atoms with Crippen molar-refractivity contribution in [1.82, 2.24) is 9.97 Å². The van der Waals surface area contributed by atoms with Gasteiger partial charge in [0, 0.05) is 34.3 Å². The topological polar surface area (TPSA) is 95.1 Å². The average Bonchev–Trinajstić information content (AvgIpc) is 2.86. The number of aryl methyl sites for hydroxylation is 4. The summed E-state index contributed by atoms with van der Waals surface area (Å²) < 4.78 is 0. The zero-order valence-corrected chi connectivity index (χ0v) is 22.6. The first kappa shape index (κ1) is 27.4. The van der Waals surface area contributed by atoms with Crippen molar-refractivity contribution in [3.8, 4) is 11.4 Å². The molecule has 1 aromatic heterocycles. The number of H-pyrrole nitrogens is 1. The molecule has 3 aromatic rings. The van der Waals surface area contributed by atoms with Gasteiger partial charge < -0.3 is 15.4 Å². The number of aromatic nitrogens is 2.